The Labute approximate surface area is 142 Å². The summed E-state index contributed by atoms with van der Waals surface area (Å²) in [6.45, 7) is 3.89. The summed E-state index contributed by atoms with van der Waals surface area (Å²) in [5.74, 6) is 1.13. The summed E-state index contributed by atoms with van der Waals surface area (Å²) in [6.07, 6.45) is 3.45. The maximum atomic E-state index is 8.15. The molecule has 1 aliphatic carbocycles. The van der Waals surface area contributed by atoms with Gasteiger partial charge >= 0.3 is 0 Å². The van der Waals surface area contributed by atoms with Crippen LogP contribution in [0, 0.1) is 16.7 Å². The summed E-state index contributed by atoms with van der Waals surface area (Å²) in [7, 11) is 0. The van der Waals surface area contributed by atoms with E-state index in [0.29, 0.717) is 11.6 Å². The lowest BCUT2D eigenvalue weighted by atomic mass is 9.86. The van der Waals surface area contributed by atoms with Gasteiger partial charge < -0.3 is 10.5 Å². The van der Waals surface area contributed by atoms with E-state index in [9.17, 15) is 0 Å². The van der Waals surface area contributed by atoms with Crippen molar-refractivity contribution >= 4 is 5.84 Å². The van der Waals surface area contributed by atoms with Crippen LogP contribution in [0.15, 0.2) is 42.6 Å². The smallest absolute Gasteiger partial charge is 0.133 e. The van der Waals surface area contributed by atoms with Gasteiger partial charge in [0.1, 0.15) is 23.2 Å². The number of nitrogens with zero attached hydrogens (tertiary/aromatic N) is 1. The molecule has 3 rings (SSSR count). The first kappa shape index (κ1) is 16.5. The number of nitrogens with one attached hydrogen (secondary N) is 2. The van der Waals surface area contributed by atoms with E-state index in [0.717, 1.165) is 24.0 Å². The molecule has 2 unspecified atom stereocenters. The van der Waals surface area contributed by atoms with Crippen molar-refractivity contribution in [3.63, 3.8) is 0 Å². The van der Waals surface area contributed by atoms with E-state index in [1.165, 1.54) is 0 Å². The molecule has 4 N–H and O–H groups in total. The van der Waals surface area contributed by atoms with Crippen molar-refractivity contribution in [1.82, 2.24) is 4.57 Å². The average molecular weight is 324 g/mol. The van der Waals surface area contributed by atoms with Crippen LogP contribution in [0.2, 0.25) is 0 Å². The number of ether oxygens (including phenoxy) is 1. The van der Waals surface area contributed by atoms with Gasteiger partial charge in [-0.25, -0.2) is 0 Å². The maximum Gasteiger partial charge on any atom is 0.133 e. The second-order valence-corrected chi connectivity index (χ2v) is 6.58. The van der Waals surface area contributed by atoms with Crippen LogP contribution < -0.4 is 16.0 Å². The van der Waals surface area contributed by atoms with Gasteiger partial charge in [0.25, 0.3) is 0 Å². The van der Waals surface area contributed by atoms with Gasteiger partial charge in [-0.2, -0.15) is 0 Å². The Morgan fingerprint density at radius 2 is 1.92 bits per heavy atom. The molecule has 1 aromatic heterocycles. The lowest BCUT2D eigenvalue weighted by Gasteiger charge is -2.30. The SMILES string of the molecule is CC(C)C(=N)n1ccc(OC2CCC(N)c3ccccc32)cc1=N. The quantitative estimate of drug-likeness (QED) is 0.597. The van der Waals surface area contributed by atoms with Crippen molar-refractivity contribution in [3.8, 4) is 5.75 Å². The third kappa shape index (κ3) is 3.12. The number of aromatic nitrogens is 1. The zero-order chi connectivity index (χ0) is 17.3. The monoisotopic (exact) mass is 324 g/mol. The summed E-state index contributed by atoms with van der Waals surface area (Å²) in [4.78, 5) is 0. The number of fused-ring (bicyclic) bond motifs is 1. The molecule has 24 heavy (non-hydrogen) atoms. The van der Waals surface area contributed by atoms with E-state index in [1.54, 1.807) is 16.8 Å². The van der Waals surface area contributed by atoms with Gasteiger partial charge in [-0.15, -0.1) is 0 Å². The van der Waals surface area contributed by atoms with Crippen molar-refractivity contribution < 1.29 is 4.74 Å². The predicted molar refractivity (Wildman–Crippen MR) is 94.2 cm³/mol. The summed E-state index contributed by atoms with van der Waals surface area (Å²) < 4.78 is 7.72. The van der Waals surface area contributed by atoms with Crippen LogP contribution in [0.5, 0.6) is 5.75 Å². The van der Waals surface area contributed by atoms with Crippen LogP contribution in [-0.4, -0.2) is 10.4 Å². The first-order chi connectivity index (χ1) is 11.5. The lowest BCUT2D eigenvalue weighted by Crippen LogP contribution is -2.29. The van der Waals surface area contributed by atoms with Gasteiger partial charge in [0.15, 0.2) is 0 Å². The van der Waals surface area contributed by atoms with Crippen LogP contribution in [0.1, 0.15) is 50.0 Å². The van der Waals surface area contributed by atoms with Gasteiger partial charge in [-0.3, -0.25) is 15.4 Å². The third-order valence-electron chi connectivity index (χ3n) is 4.49. The summed E-state index contributed by atoms with van der Waals surface area (Å²) >= 11 is 0. The van der Waals surface area contributed by atoms with E-state index in [4.69, 9.17) is 21.3 Å². The highest BCUT2D eigenvalue weighted by Crippen LogP contribution is 2.37. The van der Waals surface area contributed by atoms with Crippen molar-refractivity contribution in [3.05, 3.63) is 59.2 Å². The normalized spacial score (nSPS) is 19.8. The zero-order valence-corrected chi connectivity index (χ0v) is 14.1. The van der Waals surface area contributed by atoms with E-state index >= 15 is 0 Å². The van der Waals surface area contributed by atoms with Crippen molar-refractivity contribution in [2.24, 2.45) is 11.7 Å². The van der Waals surface area contributed by atoms with Crippen molar-refractivity contribution in [1.29, 1.82) is 10.8 Å². The van der Waals surface area contributed by atoms with Crippen LogP contribution in [-0.2, 0) is 0 Å². The molecule has 5 nitrogen and oxygen atoms in total. The molecular weight excluding hydrogens is 300 g/mol. The Morgan fingerprint density at radius 1 is 1.21 bits per heavy atom. The minimum absolute atomic E-state index is 0.0409. The minimum atomic E-state index is -0.0409. The molecule has 5 heteroatoms. The number of hydrogen-bond donors (Lipinski definition) is 3. The van der Waals surface area contributed by atoms with Crippen molar-refractivity contribution in [2.45, 2.75) is 38.8 Å². The second kappa shape index (κ2) is 6.61. The molecule has 2 aromatic rings. The van der Waals surface area contributed by atoms with Gasteiger partial charge in [0, 0.05) is 24.2 Å². The molecule has 0 radical (unpaired) electrons. The fourth-order valence-electron chi connectivity index (χ4n) is 3.11. The highest BCUT2D eigenvalue weighted by Gasteiger charge is 2.26. The molecule has 0 fully saturated rings. The Hall–Kier alpha value is -2.40. The van der Waals surface area contributed by atoms with Gasteiger partial charge in [-0.05, 0) is 30.0 Å². The Morgan fingerprint density at radius 3 is 2.58 bits per heavy atom. The molecule has 0 aliphatic heterocycles. The Balaban J connectivity index is 1.85. The molecule has 126 valence electrons. The molecular formula is C19H24N4O. The summed E-state index contributed by atoms with van der Waals surface area (Å²) in [5, 5.41) is 16.2. The fourth-order valence-corrected chi connectivity index (χ4v) is 3.11. The highest BCUT2D eigenvalue weighted by molar-refractivity contribution is 5.83. The fraction of sp³-hybridized carbons (Fsp3) is 0.368. The van der Waals surface area contributed by atoms with Crippen molar-refractivity contribution in [2.75, 3.05) is 0 Å². The lowest BCUT2D eigenvalue weighted by molar-refractivity contribution is 0.176. The molecule has 0 spiro atoms. The average Bonchev–Trinajstić information content (AvgIpc) is 2.57. The van der Waals surface area contributed by atoms with E-state index in [-0.39, 0.29) is 23.6 Å². The second-order valence-electron chi connectivity index (χ2n) is 6.58. The molecule has 0 saturated carbocycles. The first-order valence-corrected chi connectivity index (χ1v) is 8.34. The molecule has 0 bridgehead atoms. The summed E-state index contributed by atoms with van der Waals surface area (Å²) in [6, 6.07) is 11.7. The molecule has 1 aromatic carbocycles. The van der Waals surface area contributed by atoms with Gasteiger partial charge in [0.05, 0.1) is 0 Å². The van der Waals surface area contributed by atoms with E-state index < -0.39 is 0 Å². The topological polar surface area (TPSA) is 87.9 Å². The van der Waals surface area contributed by atoms with Crippen LogP contribution in [0.25, 0.3) is 0 Å². The van der Waals surface area contributed by atoms with E-state index in [1.807, 2.05) is 32.0 Å². The standard InChI is InChI=1S/C19H24N4O/c1-12(2)19(22)23-10-9-13(11-18(23)21)24-17-8-7-16(20)14-5-3-4-6-15(14)17/h3-6,9-12,16-17,21-22H,7-8,20H2,1-2H3. The first-order valence-electron chi connectivity index (χ1n) is 8.34. The number of pyridine rings is 1. The van der Waals surface area contributed by atoms with Gasteiger partial charge in [-0.1, -0.05) is 38.1 Å². The highest BCUT2D eigenvalue weighted by atomic mass is 16.5. The van der Waals surface area contributed by atoms with Crippen LogP contribution >= 0.6 is 0 Å². The molecule has 2 atom stereocenters. The molecule has 0 saturated heterocycles. The van der Waals surface area contributed by atoms with Crippen LogP contribution in [0.4, 0.5) is 0 Å². The molecule has 1 aliphatic rings. The molecule has 0 amide bonds. The summed E-state index contributed by atoms with van der Waals surface area (Å²) in [5.41, 5.74) is 8.73. The minimum Gasteiger partial charge on any atom is -0.486 e. The molecule has 1 heterocycles. The number of rotatable bonds is 3. The number of nitrogens with two attached hydrogens (primary N) is 1. The third-order valence-corrected chi connectivity index (χ3v) is 4.49. The Bertz CT molecular complexity index is 809. The number of hydrogen-bond acceptors (Lipinski definition) is 4. The zero-order valence-electron chi connectivity index (χ0n) is 14.1. The Kier molecular flexibility index (Phi) is 4.53. The van der Waals surface area contributed by atoms with E-state index in [2.05, 4.69) is 12.1 Å². The van der Waals surface area contributed by atoms with Crippen LogP contribution in [0.3, 0.4) is 0 Å². The maximum absolute atomic E-state index is 8.15. The van der Waals surface area contributed by atoms with Gasteiger partial charge in [0.2, 0.25) is 0 Å². The predicted octanol–water partition coefficient (Wildman–Crippen LogP) is 3.36. The largest absolute Gasteiger partial charge is 0.486 e. The number of benzene rings is 1.